The van der Waals surface area contributed by atoms with Gasteiger partial charge >= 0.3 is 0 Å². The van der Waals surface area contributed by atoms with Crippen LogP contribution >= 0.6 is 0 Å². The first kappa shape index (κ1) is 22.8. The van der Waals surface area contributed by atoms with E-state index >= 15 is 0 Å². The molecule has 0 radical (unpaired) electrons. The highest BCUT2D eigenvalue weighted by Crippen LogP contribution is 2.50. The highest BCUT2D eigenvalue weighted by Gasteiger charge is 2.44. The largest absolute Gasteiger partial charge is 0.457 e. The summed E-state index contributed by atoms with van der Waals surface area (Å²) < 4.78 is 5.94. The number of fused-ring (bicyclic) bond motifs is 3. The van der Waals surface area contributed by atoms with Gasteiger partial charge in [0.05, 0.1) is 5.39 Å². The summed E-state index contributed by atoms with van der Waals surface area (Å²) >= 11 is 0. The molecule has 0 bridgehead atoms. The second-order valence-electron chi connectivity index (χ2n) is 10.2. The van der Waals surface area contributed by atoms with Gasteiger partial charge in [-0.3, -0.25) is 0 Å². The highest BCUT2D eigenvalue weighted by atomic mass is 16.5. The van der Waals surface area contributed by atoms with Crippen molar-refractivity contribution in [3.63, 3.8) is 0 Å². The lowest BCUT2D eigenvalue weighted by molar-refractivity contribution is 0.329. The first-order valence-corrected chi connectivity index (χ1v) is 13.2. The van der Waals surface area contributed by atoms with Crippen LogP contribution in [0.1, 0.15) is 24.0 Å². The van der Waals surface area contributed by atoms with Gasteiger partial charge in [-0.1, -0.05) is 30.3 Å². The Morgan fingerprint density at radius 3 is 2.55 bits per heavy atom. The Balaban J connectivity index is 1.13. The number of para-hydroxylation sites is 1. The molecule has 4 heterocycles. The molecule has 38 heavy (non-hydrogen) atoms. The molecule has 2 aromatic heterocycles. The minimum Gasteiger partial charge on any atom is -0.457 e. The summed E-state index contributed by atoms with van der Waals surface area (Å²) in [5.74, 6) is 2.66. The number of nitrogens with one attached hydrogen (secondary N) is 3. The second kappa shape index (κ2) is 9.50. The maximum absolute atomic E-state index is 5.94. The van der Waals surface area contributed by atoms with Crippen LogP contribution in [-0.2, 0) is 12.0 Å². The van der Waals surface area contributed by atoms with Gasteiger partial charge in [0.2, 0.25) is 0 Å². The van der Waals surface area contributed by atoms with Gasteiger partial charge < -0.3 is 25.3 Å². The molecule has 1 saturated heterocycles. The number of hydrogen-bond acceptors (Lipinski definition) is 6. The van der Waals surface area contributed by atoms with Crippen molar-refractivity contribution < 1.29 is 4.74 Å². The zero-order chi connectivity index (χ0) is 25.4. The topological polar surface area (TPSA) is 78.1 Å². The summed E-state index contributed by atoms with van der Waals surface area (Å²) in [6.45, 7) is 3.75. The number of aromatic nitrogens is 3. The highest BCUT2D eigenvalue weighted by molar-refractivity contribution is 5.91. The fourth-order valence-corrected chi connectivity index (χ4v) is 5.88. The van der Waals surface area contributed by atoms with Crippen LogP contribution < -0.4 is 20.3 Å². The van der Waals surface area contributed by atoms with Crippen LogP contribution in [0.2, 0.25) is 0 Å². The molecule has 2 aliphatic heterocycles. The number of benzene rings is 3. The van der Waals surface area contributed by atoms with Crippen molar-refractivity contribution in [1.82, 2.24) is 20.3 Å². The zero-order valence-corrected chi connectivity index (χ0v) is 21.2. The van der Waals surface area contributed by atoms with Crippen molar-refractivity contribution in [3.05, 3.63) is 103 Å². The quantitative estimate of drug-likeness (QED) is 0.259. The lowest BCUT2D eigenvalue weighted by atomic mass is 9.74. The fourth-order valence-electron chi connectivity index (χ4n) is 5.88. The summed E-state index contributed by atoms with van der Waals surface area (Å²) in [6, 6.07) is 27.0. The number of rotatable bonds is 6. The van der Waals surface area contributed by atoms with Gasteiger partial charge in [-0.25, -0.2) is 9.97 Å². The van der Waals surface area contributed by atoms with Crippen molar-refractivity contribution in [2.75, 3.05) is 29.9 Å². The van der Waals surface area contributed by atoms with Crippen molar-refractivity contribution in [2.45, 2.75) is 24.8 Å². The van der Waals surface area contributed by atoms with Gasteiger partial charge in [0.25, 0.3) is 0 Å². The molecule has 7 rings (SSSR count). The van der Waals surface area contributed by atoms with E-state index in [4.69, 9.17) is 9.72 Å². The van der Waals surface area contributed by atoms with Gasteiger partial charge in [-0.2, -0.15) is 0 Å². The van der Waals surface area contributed by atoms with E-state index in [1.807, 2.05) is 48.7 Å². The predicted octanol–water partition coefficient (Wildman–Crippen LogP) is 6.14. The molecule has 2 aliphatic rings. The molecule has 0 unspecified atom stereocenters. The van der Waals surface area contributed by atoms with E-state index in [1.54, 1.807) is 6.33 Å². The molecular formula is C31H30N6O. The number of piperidine rings is 1. The average molecular weight is 503 g/mol. The molecule has 5 aromatic rings. The molecule has 3 N–H and O–H groups in total. The second-order valence-corrected chi connectivity index (χ2v) is 10.2. The third-order valence-corrected chi connectivity index (χ3v) is 7.87. The minimum atomic E-state index is 0.113. The summed E-state index contributed by atoms with van der Waals surface area (Å²) in [4.78, 5) is 14.8. The van der Waals surface area contributed by atoms with E-state index in [2.05, 4.69) is 61.9 Å². The van der Waals surface area contributed by atoms with Crippen LogP contribution in [0.15, 0.2) is 91.4 Å². The first-order chi connectivity index (χ1) is 18.8. The normalized spacial score (nSPS) is 16.1. The Bertz CT molecular complexity index is 1560. The lowest BCUT2D eigenvalue weighted by Gasteiger charge is -2.35. The van der Waals surface area contributed by atoms with Crippen LogP contribution in [-0.4, -0.2) is 34.6 Å². The van der Waals surface area contributed by atoms with E-state index in [9.17, 15) is 0 Å². The Kier molecular flexibility index (Phi) is 5.70. The third-order valence-electron chi connectivity index (χ3n) is 7.87. The Hall–Kier alpha value is -4.36. The minimum absolute atomic E-state index is 0.113. The van der Waals surface area contributed by atoms with Crippen LogP contribution in [0.25, 0.3) is 11.0 Å². The number of aromatic amines is 1. The molecule has 0 atom stereocenters. The molecule has 7 heteroatoms. The number of H-pyrrole nitrogens is 1. The fraction of sp³-hybridized carbons (Fsp3) is 0.226. The molecule has 0 saturated carbocycles. The Morgan fingerprint density at radius 2 is 1.71 bits per heavy atom. The summed E-state index contributed by atoms with van der Waals surface area (Å²) in [5.41, 5.74) is 6.00. The van der Waals surface area contributed by atoms with E-state index in [0.717, 1.165) is 73.1 Å². The molecule has 7 nitrogen and oxygen atoms in total. The monoisotopic (exact) mass is 502 g/mol. The van der Waals surface area contributed by atoms with Crippen molar-refractivity contribution in [1.29, 1.82) is 0 Å². The van der Waals surface area contributed by atoms with E-state index in [-0.39, 0.29) is 5.41 Å². The van der Waals surface area contributed by atoms with Crippen molar-refractivity contribution in [2.24, 2.45) is 0 Å². The molecule has 0 amide bonds. The number of anilines is 3. The molecule has 3 aromatic carbocycles. The maximum atomic E-state index is 5.94. The first-order valence-electron chi connectivity index (χ1n) is 13.2. The van der Waals surface area contributed by atoms with E-state index in [1.165, 1.54) is 16.8 Å². The molecular weight excluding hydrogens is 472 g/mol. The van der Waals surface area contributed by atoms with Gasteiger partial charge in [0.15, 0.2) is 0 Å². The Labute approximate surface area is 221 Å². The van der Waals surface area contributed by atoms with E-state index in [0.29, 0.717) is 0 Å². The number of ether oxygens (including phenoxy) is 1. The summed E-state index contributed by atoms with van der Waals surface area (Å²) in [5, 5.41) is 8.27. The summed E-state index contributed by atoms with van der Waals surface area (Å²) in [7, 11) is 0. The van der Waals surface area contributed by atoms with Gasteiger partial charge in [-0.05, 0) is 85.6 Å². The van der Waals surface area contributed by atoms with Crippen LogP contribution in [0.3, 0.4) is 0 Å². The summed E-state index contributed by atoms with van der Waals surface area (Å²) in [6.07, 6.45) is 5.83. The van der Waals surface area contributed by atoms with Gasteiger partial charge in [-0.15, -0.1) is 0 Å². The SMILES string of the molecule is c1ccc(Oc2ccc(CNc3ccc4c(c3)C3(CCNCC3)CN4c3ncnc4[nH]ccc34)cc2)cc1. The molecule has 0 aliphatic carbocycles. The molecule has 1 spiro atoms. The maximum Gasteiger partial charge on any atom is 0.145 e. The molecule has 1 fully saturated rings. The van der Waals surface area contributed by atoms with Crippen LogP contribution in [0.5, 0.6) is 11.5 Å². The lowest BCUT2D eigenvalue weighted by Crippen LogP contribution is -2.42. The smallest absolute Gasteiger partial charge is 0.145 e. The predicted molar refractivity (Wildman–Crippen MR) is 151 cm³/mol. The standard InChI is InChI=1S/C31H30N6O/c1-2-4-24(5-3-1)38-25-9-6-22(7-10-25)19-34-23-8-11-28-27(18-23)31(13-16-32-17-14-31)20-37(28)30-26-12-15-33-29(26)35-21-36-30/h1-12,15,18,21,32,34H,13-14,16-17,19-20H2,(H,33,35,36). The number of hydrogen-bond donors (Lipinski definition) is 3. The zero-order valence-electron chi connectivity index (χ0n) is 21.2. The Morgan fingerprint density at radius 1 is 0.895 bits per heavy atom. The van der Waals surface area contributed by atoms with Crippen LogP contribution in [0.4, 0.5) is 17.2 Å². The van der Waals surface area contributed by atoms with Gasteiger partial charge in [0, 0.05) is 36.1 Å². The van der Waals surface area contributed by atoms with Crippen LogP contribution in [0, 0.1) is 0 Å². The molecule has 190 valence electrons. The van der Waals surface area contributed by atoms with Crippen molar-refractivity contribution >= 4 is 28.2 Å². The van der Waals surface area contributed by atoms with E-state index < -0.39 is 0 Å². The average Bonchev–Trinajstić information content (AvgIpc) is 3.57. The third kappa shape index (κ3) is 4.15. The van der Waals surface area contributed by atoms with Gasteiger partial charge in [0.1, 0.15) is 29.3 Å². The number of nitrogens with zero attached hydrogens (tertiary/aromatic N) is 3. The van der Waals surface area contributed by atoms with Crippen molar-refractivity contribution in [3.8, 4) is 11.5 Å².